The van der Waals surface area contributed by atoms with Crippen molar-refractivity contribution in [1.29, 1.82) is 0 Å². The fourth-order valence-electron chi connectivity index (χ4n) is 7.38. The zero-order valence-corrected chi connectivity index (χ0v) is 36.5. The molecule has 0 aliphatic rings. The van der Waals surface area contributed by atoms with Crippen LogP contribution in [0.4, 0.5) is 0 Å². The number of carbonyl (C=O) groups is 2. The predicted octanol–water partition coefficient (Wildman–Crippen LogP) is 15.6. The number of carbonyl (C=O) groups excluding carboxylic acids is 2. The predicted molar refractivity (Wildman–Crippen MR) is 233 cm³/mol. The third-order valence-electron chi connectivity index (χ3n) is 11.1. The Morgan fingerprint density at radius 1 is 0.407 bits per heavy atom. The van der Waals surface area contributed by atoms with Gasteiger partial charge in [0.1, 0.15) is 6.61 Å². The Hall–Kier alpha value is -1.36. The minimum absolute atomic E-state index is 0.0628. The zero-order valence-electron chi connectivity index (χ0n) is 36.5. The van der Waals surface area contributed by atoms with Crippen molar-refractivity contribution in [3.63, 3.8) is 0 Å². The van der Waals surface area contributed by atoms with E-state index in [1.54, 1.807) is 0 Å². The van der Waals surface area contributed by atoms with Gasteiger partial charge in [0.15, 0.2) is 6.10 Å². The molecule has 0 aromatic heterocycles. The van der Waals surface area contributed by atoms with Gasteiger partial charge in [0.25, 0.3) is 0 Å². The van der Waals surface area contributed by atoms with E-state index in [0.717, 1.165) is 38.5 Å². The van der Waals surface area contributed by atoms with Crippen LogP contribution in [0, 0.1) is 0 Å². The first-order chi connectivity index (χ1) is 26.6. The maximum atomic E-state index is 12.2. The third-order valence-corrected chi connectivity index (χ3v) is 11.1. The van der Waals surface area contributed by atoms with Gasteiger partial charge in [-0.05, 0) is 38.5 Å². The number of hydrogen-bond donors (Lipinski definition) is 1. The van der Waals surface area contributed by atoms with Gasteiger partial charge in [0.2, 0.25) is 0 Å². The molecule has 0 aromatic carbocycles. The lowest BCUT2D eigenvalue weighted by molar-refractivity contribution is -0.161. The van der Waals surface area contributed by atoms with Crippen LogP contribution in [0.25, 0.3) is 0 Å². The Morgan fingerprint density at radius 3 is 1.02 bits per heavy atom. The van der Waals surface area contributed by atoms with Crippen molar-refractivity contribution in [1.82, 2.24) is 0 Å². The van der Waals surface area contributed by atoms with E-state index in [-0.39, 0.29) is 25.2 Å². The molecule has 0 aromatic rings. The van der Waals surface area contributed by atoms with E-state index < -0.39 is 6.10 Å². The Labute approximate surface area is 337 Å². The summed E-state index contributed by atoms with van der Waals surface area (Å²) in [6, 6.07) is 0. The second kappa shape index (κ2) is 46.0. The molecule has 0 heterocycles. The van der Waals surface area contributed by atoms with E-state index >= 15 is 0 Å². The summed E-state index contributed by atoms with van der Waals surface area (Å²) in [5.74, 6) is -0.586. The van der Waals surface area contributed by atoms with Gasteiger partial charge in [-0.2, -0.15) is 0 Å². The lowest BCUT2D eigenvalue weighted by Gasteiger charge is -2.15. The van der Waals surface area contributed by atoms with E-state index in [1.165, 1.54) is 205 Å². The molecule has 0 aliphatic heterocycles. The zero-order chi connectivity index (χ0) is 39.3. The van der Waals surface area contributed by atoms with Crippen molar-refractivity contribution in [3.8, 4) is 0 Å². The minimum atomic E-state index is -0.769. The topological polar surface area (TPSA) is 72.8 Å². The summed E-state index contributed by atoms with van der Waals surface area (Å²) in [6.07, 6.45) is 54.6. The first-order valence-electron chi connectivity index (χ1n) is 24.2. The highest BCUT2D eigenvalue weighted by Crippen LogP contribution is 2.17. The van der Waals surface area contributed by atoms with E-state index in [1.807, 2.05) is 0 Å². The molecule has 5 heteroatoms. The van der Waals surface area contributed by atoms with Crippen molar-refractivity contribution in [2.24, 2.45) is 0 Å². The fourth-order valence-corrected chi connectivity index (χ4v) is 7.38. The van der Waals surface area contributed by atoms with Crippen LogP contribution in [0.5, 0.6) is 0 Å². The molecule has 0 spiro atoms. The van der Waals surface area contributed by atoms with Crippen molar-refractivity contribution in [2.75, 3.05) is 13.2 Å². The lowest BCUT2D eigenvalue weighted by Crippen LogP contribution is -2.28. The van der Waals surface area contributed by atoms with E-state index in [9.17, 15) is 14.7 Å². The summed E-state index contributed by atoms with van der Waals surface area (Å²) in [6.45, 7) is 4.15. The first-order valence-corrected chi connectivity index (χ1v) is 24.2. The van der Waals surface area contributed by atoms with Gasteiger partial charge in [-0.1, -0.05) is 231 Å². The molecule has 0 bridgehead atoms. The monoisotopic (exact) mass is 763 g/mol. The number of unbranched alkanes of at least 4 members (excludes halogenated alkanes) is 35. The molecule has 0 saturated carbocycles. The number of aliphatic hydroxyl groups is 1. The third kappa shape index (κ3) is 43.4. The van der Waals surface area contributed by atoms with Crippen molar-refractivity contribution in [2.45, 2.75) is 277 Å². The molecule has 1 N–H and O–H groups in total. The maximum absolute atomic E-state index is 12.2. The SMILES string of the molecule is CCCCCC/C=C\CCCCCCCC(=O)OC(CO)COC(=O)CCCCCCCCCCCCCCCCCCCCCCCCCCCCC. The summed E-state index contributed by atoms with van der Waals surface area (Å²) >= 11 is 0. The van der Waals surface area contributed by atoms with Crippen LogP contribution >= 0.6 is 0 Å². The van der Waals surface area contributed by atoms with Crippen molar-refractivity contribution >= 4 is 11.9 Å². The van der Waals surface area contributed by atoms with Crippen LogP contribution < -0.4 is 0 Å². The molecule has 0 rings (SSSR count). The van der Waals surface area contributed by atoms with Crippen LogP contribution in [0.15, 0.2) is 12.2 Å². The number of aliphatic hydroxyl groups excluding tert-OH is 1. The largest absolute Gasteiger partial charge is 0.462 e. The summed E-state index contributed by atoms with van der Waals surface area (Å²) < 4.78 is 10.6. The maximum Gasteiger partial charge on any atom is 0.306 e. The average Bonchev–Trinajstić information content (AvgIpc) is 3.17. The standard InChI is InChI=1S/C49H94O5/c1-3-5-7-9-11-13-15-17-18-19-20-21-22-23-24-25-26-27-28-29-30-32-33-35-37-39-41-43-48(51)53-46-47(45-50)54-49(52)44-42-40-38-36-34-31-16-14-12-10-8-6-4-2/h14,16,47,50H,3-13,15,17-46H2,1-2H3/b16-14-. The number of hydrogen-bond acceptors (Lipinski definition) is 5. The molecule has 0 radical (unpaired) electrons. The quantitative estimate of drug-likeness (QED) is 0.0380. The van der Waals surface area contributed by atoms with Crippen LogP contribution in [0.3, 0.4) is 0 Å². The van der Waals surface area contributed by atoms with Gasteiger partial charge in [0.05, 0.1) is 6.61 Å². The molecule has 1 atom stereocenters. The summed E-state index contributed by atoms with van der Waals surface area (Å²) in [7, 11) is 0. The van der Waals surface area contributed by atoms with E-state index in [0.29, 0.717) is 12.8 Å². The molecule has 1 unspecified atom stereocenters. The minimum Gasteiger partial charge on any atom is -0.462 e. The van der Waals surface area contributed by atoms with Gasteiger partial charge in [-0.3, -0.25) is 9.59 Å². The highest BCUT2D eigenvalue weighted by atomic mass is 16.6. The molecule has 0 aliphatic carbocycles. The van der Waals surface area contributed by atoms with Gasteiger partial charge >= 0.3 is 11.9 Å². The van der Waals surface area contributed by atoms with Crippen molar-refractivity contribution < 1.29 is 24.2 Å². The second-order valence-corrected chi connectivity index (χ2v) is 16.5. The molecule has 0 saturated heterocycles. The van der Waals surface area contributed by atoms with Crippen LogP contribution in [-0.4, -0.2) is 36.4 Å². The molecule has 54 heavy (non-hydrogen) atoms. The van der Waals surface area contributed by atoms with Crippen LogP contribution in [0.2, 0.25) is 0 Å². The van der Waals surface area contributed by atoms with Crippen LogP contribution in [-0.2, 0) is 19.1 Å². The van der Waals surface area contributed by atoms with Gasteiger partial charge in [0, 0.05) is 12.8 Å². The Balaban J connectivity index is 3.41. The van der Waals surface area contributed by atoms with Gasteiger partial charge in [-0.25, -0.2) is 0 Å². The normalized spacial score (nSPS) is 12.1. The number of esters is 2. The Morgan fingerprint density at radius 2 is 0.685 bits per heavy atom. The number of rotatable bonds is 45. The average molecular weight is 763 g/mol. The molecule has 0 amide bonds. The molecular weight excluding hydrogens is 669 g/mol. The summed E-state index contributed by atoms with van der Waals surface area (Å²) in [5.41, 5.74) is 0. The lowest BCUT2D eigenvalue weighted by atomic mass is 10.0. The van der Waals surface area contributed by atoms with Crippen LogP contribution in [0.1, 0.15) is 271 Å². The highest BCUT2D eigenvalue weighted by molar-refractivity contribution is 5.70. The van der Waals surface area contributed by atoms with E-state index in [4.69, 9.17) is 9.47 Å². The molecule has 5 nitrogen and oxygen atoms in total. The van der Waals surface area contributed by atoms with Gasteiger partial charge < -0.3 is 14.6 Å². The fraction of sp³-hybridized carbons (Fsp3) is 0.918. The smallest absolute Gasteiger partial charge is 0.306 e. The number of ether oxygens (including phenoxy) is 2. The molecule has 320 valence electrons. The molecular formula is C49H94O5. The Bertz CT molecular complexity index is 780. The second-order valence-electron chi connectivity index (χ2n) is 16.5. The van der Waals surface area contributed by atoms with Gasteiger partial charge in [-0.15, -0.1) is 0 Å². The summed E-state index contributed by atoms with van der Waals surface area (Å²) in [5, 5.41) is 9.58. The highest BCUT2D eigenvalue weighted by Gasteiger charge is 2.16. The molecule has 0 fully saturated rings. The Kier molecular flexibility index (Phi) is 44.9. The van der Waals surface area contributed by atoms with Crippen molar-refractivity contribution in [3.05, 3.63) is 12.2 Å². The van der Waals surface area contributed by atoms with E-state index in [2.05, 4.69) is 26.0 Å². The number of allylic oxidation sites excluding steroid dienone is 2. The first kappa shape index (κ1) is 52.6. The summed E-state index contributed by atoms with van der Waals surface area (Å²) in [4.78, 5) is 24.3.